The predicted octanol–water partition coefficient (Wildman–Crippen LogP) is 1.63. The Morgan fingerprint density at radius 3 is 2.81 bits per heavy atom. The van der Waals surface area contributed by atoms with Gasteiger partial charge in [0.05, 0.1) is 18.1 Å². The molecule has 2 unspecified atom stereocenters. The fourth-order valence-electron chi connectivity index (χ4n) is 1.50. The predicted molar refractivity (Wildman–Crippen MR) is 62.7 cm³/mol. The van der Waals surface area contributed by atoms with Crippen molar-refractivity contribution in [3.05, 3.63) is 23.2 Å². The summed E-state index contributed by atoms with van der Waals surface area (Å²) in [5, 5.41) is 3.24. The van der Waals surface area contributed by atoms with Gasteiger partial charge in [0.15, 0.2) is 0 Å². The van der Waals surface area contributed by atoms with E-state index in [-0.39, 0.29) is 17.9 Å². The van der Waals surface area contributed by atoms with Crippen molar-refractivity contribution in [3.63, 3.8) is 0 Å². The average molecular weight is 241 g/mol. The summed E-state index contributed by atoms with van der Waals surface area (Å²) in [7, 11) is 1.54. The van der Waals surface area contributed by atoms with Crippen LogP contribution < -0.4 is 15.8 Å². The van der Waals surface area contributed by atoms with E-state index < -0.39 is 0 Å². The van der Waals surface area contributed by atoms with Crippen LogP contribution in [0.2, 0.25) is 5.02 Å². The van der Waals surface area contributed by atoms with Crippen LogP contribution in [0, 0.1) is 5.92 Å². The van der Waals surface area contributed by atoms with Gasteiger partial charge >= 0.3 is 0 Å². The first-order valence-electron chi connectivity index (χ1n) is 5.02. The van der Waals surface area contributed by atoms with Crippen molar-refractivity contribution >= 4 is 23.2 Å². The minimum atomic E-state index is -0.0547. The number of hydrogen-bond donors (Lipinski definition) is 2. The van der Waals surface area contributed by atoms with Gasteiger partial charge < -0.3 is 15.8 Å². The summed E-state index contributed by atoms with van der Waals surface area (Å²) in [5.74, 6) is 0.484. The Kier molecular flexibility index (Phi) is 3.03. The van der Waals surface area contributed by atoms with Crippen molar-refractivity contribution < 1.29 is 9.53 Å². The lowest BCUT2D eigenvalue weighted by atomic mass is 10.3. The Labute approximate surface area is 98.7 Å². The van der Waals surface area contributed by atoms with Crippen molar-refractivity contribution in [1.29, 1.82) is 0 Å². The van der Waals surface area contributed by atoms with Gasteiger partial charge in [-0.15, -0.1) is 0 Å². The van der Waals surface area contributed by atoms with E-state index in [9.17, 15) is 4.79 Å². The smallest absolute Gasteiger partial charge is 0.229 e. The van der Waals surface area contributed by atoms with Crippen LogP contribution in [0.3, 0.4) is 0 Å². The van der Waals surface area contributed by atoms with E-state index >= 15 is 0 Å². The first-order chi connectivity index (χ1) is 7.61. The van der Waals surface area contributed by atoms with Crippen LogP contribution >= 0.6 is 11.6 Å². The van der Waals surface area contributed by atoms with Gasteiger partial charge in [0.1, 0.15) is 5.75 Å². The summed E-state index contributed by atoms with van der Waals surface area (Å²) in [5.41, 5.74) is 6.25. The van der Waals surface area contributed by atoms with Gasteiger partial charge in [0.25, 0.3) is 0 Å². The number of halogens is 1. The fourth-order valence-corrected chi connectivity index (χ4v) is 1.75. The van der Waals surface area contributed by atoms with Crippen molar-refractivity contribution in [3.8, 4) is 5.75 Å². The summed E-state index contributed by atoms with van der Waals surface area (Å²) < 4.78 is 5.02. The summed E-state index contributed by atoms with van der Waals surface area (Å²) in [6.45, 7) is 0. The number of amides is 1. The van der Waals surface area contributed by atoms with Crippen LogP contribution in [0.25, 0.3) is 0 Å². The van der Waals surface area contributed by atoms with Gasteiger partial charge in [-0.3, -0.25) is 4.79 Å². The Hall–Kier alpha value is -1.26. The molecule has 1 aliphatic rings. The number of rotatable bonds is 3. The van der Waals surface area contributed by atoms with E-state index in [1.807, 2.05) is 0 Å². The molecule has 1 fully saturated rings. The highest BCUT2D eigenvalue weighted by atomic mass is 35.5. The first-order valence-corrected chi connectivity index (χ1v) is 5.39. The topological polar surface area (TPSA) is 64.3 Å². The molecule has 2 atom stereocenters. The molecular weight excluding hydrogens is 228 g/mol. The van der Waals surface area contributed by atoms with Crippen LogP contribution in [-0.4, -0.2) is 19.1 Å². The molecule has 1 amide bonds. The van der Waals surface area contributed by atoms with Crippen LogP contribution in [0.5, 0.6) is 5.75 Å². The van der Waals surface area contributed by atoms with Gasteiger partial charge in [-0.05, 0) is 24.6 Å². The fraction of sp³-hybridized carbons (Fsp3) is 0.364. The monoisotopic (exact) mass is 240 g/mol. The van der Waals surface area contributed by atoms with Crippen molar-refractivity contribution in [2.75, 3.05) is 12.4 Å². The van der Waals surface area contributed by atoms with Gasteiger partial charge in [0.2, 0.25) is 5.91 Å². The minimum absolute atomic E-state index is 0.00807. The van der Waals surface area contributed by atoms with E-state index in [1.165, 1.54) is 0 Å². The van der Waals surface area contributed by atoms with Crippen molar-refractivity contribution in [2.45, 2.75) is 12.5 Å². The highest BCUT2D eigenvalue weighted by Crippen LogP contribution is 2.31. The molecule has 1 aromatic carbocycles. The molecule has 0 aliphatic heterocycles. The van der Waals surface area contributed by atoms with Gasteiger partial charge in [0, 0.05) is 11.7 Å². The van der Waals surface area contributed by atoms with Crippen LogP contribution in [0.1, 0.15) is 6.42 Å². The number of carbonyl (C=O) groups is 1. The van der Waals surface area contributed by atoms with Crippen LogP contribution in [0.4, 0.5) is 5.69 Å². The maximum Gasteiger partial charge on any atom is 0.229 e. The maximum absolute atomic E-state index is 11.6. The molecule has 1 aliphatic carbocycles. The van der Waals surface area contributed by atoms with Crippen molar-refractivity contribution in [1.82, 2.24) is 0 Å². The number of hydrogen-bond acceptors (Lipinski definition) is 3. The molecule has 2 rings (SSSR count). The Morgan fingerprint density at radius 2 is 2.31 bits per heavy atom. The number of carbonyl (C=O) groups excluding carboxylic acids is 1. The third-order valence-corrected chi connectivity index (χ3v) is 2.89. The zero-order chi connectivity index (χ0) is 11.7. The molecule has 0 aromatic heterocycles. The molecule has 1 saturated carbocycles. The number of nitrogens with two attached hydrogens (primary N) is 1. The molecular formula is C11H13ClN2O2. The molecule has 0 radical (unpaired) electrons. The van der Waals surface area contributed by atoms with Gasteiger partial charge in [-0.25, -0.2) is 0 Å². The molecule has 0 heterocycles. The highest BCUT2D eigenvalue weighted by Gasteiger charge is 2.39. The molecule has 0 saturated heterocycles. The van der Waals surface area contributed by atoms with E-state index in [0.717, 1.165) is 6.42 Å². The number of ether oxygens (including phenoxy) is 1. The summed E-state index contributed by atoms with van der Waals surface area (Å²) >= 11 is 5.94. The van der Waals surface area contributed by atoms with E-state index in [0.29, 0.717) is 16.5 Å². The number of anilines is 1. The summed E-state index contributed by atoms with van der Waals surface area (Å²) in [4.78, 5) is 11.6. The lowest BCUT2D eigenvalue weighted by Crippen LogP contribution is -2.18. The number of benzene rings is 1. The minimum Gasteiger partial charge on any atom is -0.495 e. The zero-order valence-electron chi connectivity index (χ0n) is 8.87. The second-order valence-electron chi connectivity index (χ2n) is 3.84. The quantitative estimate of drug-likeness (QED) is 0.844. The SMILES string of the molecule is COc1ccc(NC(=O)C2CC2N)cc1Cl. The second kappa shape index (κ2) is 4.31. The second-order valence-corrected chi connectivity index (χ2v) is 4.25. The molecule has 3 N–H and O–H groups in total. The summed E-state index contributed by atoms with van der Waals surface area (Å²) in [6.07, 6.45) is 0.760. The third kappa shape index (κ3) is 2.28. The zero-order valence-corrected chi connectivity index (χ0v) is 9.62. The molecule has 5 heteroatoms. The Balaban J connectivity index is 2.04. The Bertz CT molecular complexity index is 422. The third-order valence-electron chi connectivity index (χ3n) is 2.60. The lowest BCUT2D eigenvalue weighted by molar-refractivity contribution is -0.117. The number of nitrogens with one attached hydrogen (secondary N) is 1. The molecule has 86 valence electrons. The average Bonchev–Trinajstić information content (AvgIpc) is 2.96. The van der Waals surface area contributed by atoms with Crippen LogP contribution in [0.15, 0.2) is 18.2 Å². The van der Waals surface area contributed by atoms with Crippen LogP contribution in [-0.2, 0) is 4.79 Å². The summed E-state index contributed by atoms with van der Waals surface area (Å²) in [6, 6.07) is 5.13. The standard InChI is InChI=1S/C11H13ClN2O2/c1-16-10-3-2-6(4-8(10)12)14-11(15)7-5-9(7)13/h2-4,7,9H,5,13H2,1H3,(H,14,15). The molecule has 1 aromatic rings. The van der Waals surface area contributed by atoms with E-state index in [4.69, 9.17) is 22.1 Å². The molecule has 4 nitrogen and oxygen atoms in total. The Morgan fingerprint density at radius 1 is 1.62 bits per heavy atom. The lowest BCUT2D eigenvalue weighted by Gasteiger charge is -2.07. The van der Waals surface area contributed by atoms with E-state index in [1.54, 1.807) is 25.3 Å². The van der Waals surface area contributed by atoms with Gasteiger partial charge in [-0.2, -0.15) is 0 Å². The maximum atomic E-state index is 11.6. The number of methoxy groups -OCH3 is 1. The largest absolute Gasteiger partial charge is 0.495 e. The molecule has 0 spiro atoms. The molecule has 0 bridgehead atoms. The van der Waals surface area contributed by atoms with Gasteiger partial charge in [-0.1, -0.05) is 11.6 Å². The van der Waals surface area contributed by atoms with Crippen molar-refractivity contribution in [2.24, 2.45) is 11.7 Å². The normalized spacial score (nSPS) is 22.7. The first kappa shape index (κ1) is 11.2. The highest BCUT2D eigenvalue weighted by molar-refractivity contribution is 6.32. The molecule has 16 heavy (non-hydrogen) atoms. The van der Waals surface area contributed by atoms with E-state index in [2.05, 4.69) is 5.32 Å².